The van der Waals surface area contributed by atoms with Crippen LogP contribution in [0.15, 0.2) is 140 Å². The largest absolute Gasteiger partial charge is 0.416 e. The van der Waals surface area contributed by atoms with E-state index in [0.717, 1.165) is 88.6 Å². The van der Waals surface area contributed by atoms with Crippen LogP contribution in [0.3, 0.4) is 0 Å². The van der Waals surface area contributed by atoms with Gasteiger partial charge in [-0.05, 0) is 123 Å². The summed E-state index contributed by atoms with van der Waals surface area (Å²) in [5.74, 6) is 1.44. The molecular formula is C64H59Cl2F3N14O2. The van der Waals surface area contributed by atoms with E-state index >= 15 is 0 Å². The molecule has 21 heteroatoms. The van der Waals surface area contributed by atoms with Crippen molar-refractivity contribution in [3.05, 3.63) is 234 Å². The summed E-state index contributed by atoms with van der Waals surface area (Å²) >= 11 is 15.1. The molecule has 4 N–H and O–H groups in total. The van der Waals surface area contributed by atoms with E-state index in [1.54, 1.807) is 18.3 Å². The summed E-state index contributed by atoms with van der Waals surface area (Å²) in [6.07, 6.45) is 5.13. The van der Waals surface area contributed by atoms with Gasteiger partial charge in [0.05, 0.1) is 62.2 Å². The molecule has 3 aliphatic rings. The summed E-state index contributed by atoms with van der Waals surface area (Å²) in [6, 6.07) is 31.9. The number of hydrazine groups is 2. The fraction of sp³-hybridized carbons (Fsp3) is 0.266. The first kappa shape index (κ1) is 55.7. The van der Waals surface area contributed by atoms with Crippen LogP contribution in [-0.2, 0) is 37.3 Å². The van der Waals surface area contributed by atoms with E-state index in [4.69, 9.17) is 43.3 Å². The average Bonchev–Trinajstić information content (AvgIpc) is 2.66. The zero-order valence-electron chi connectivity index (χ0n) is 47.4. The third-order valence-corrected chi connectivity index (χ3v) is 17.9. The number of aromatic nitrogens is 9. The van der Waals surface area contributed by atoms with Gasteiger partial charge in [0.2, 0.25) is 0 Å². The molecule has 0 radical (unpaired) electrons. The van der Waals surface area contributed by atoms with Crippen LogP contribution in [-0.4, -0.2) is 86.6 Å². The predicted molar refractivity (Wildman–Crippen MR) is 321 cm³/mol. The highest BCUT2D eigenvalue weighted by molar-refractivity contribution is 6.37. The summed E-state index contributed by atoms with van der Waals surface area (Å²) in [6.45, 7) is 9.92. The maximum absolute atomic E-state index is 13.8. The van der Waals surface area contributed by atoms with Crippen molar-refractivity contribution in [2.24, 2.45) is 7.05 Å². The molecule has 0 bridgehead atoms. The number of pyridine rings is 4. The predicted octanol–water partition coefficient (Wildman–Crippen LogP) is 11.1. The van der Waals surface area contributed by atoms with Gasteiger partial charge in [-0.15, -0.1) is 10.6 Å². The Bertz CT molecular complexity index is 4300. The Morgan fingerprint density at radius 1 is 0.647 bits per heavy atom. The minimum atomic E-state index is -4.50. The van der Waals surface area contributed by atoms with Crippen LogP contribution in [0.5, 0.6) is 0 Å². The molecule has 2 fully saturated rings. The highest BCUT2D eigenvalue weighted by Crippen LogP contribution is 2.47. The summed E-state index contributed by atoms with van der Waals surface area (Å²) in [4.78, 5) is 24.3. The third-order valence-electron chi connectivity index (χ3n) is 17.0. The van der Waals surface area contributed by atoms with Crippen LogP contribution >= 0.6 is 23.2 Å². The Kier molecular flexibility index (Phi) is 13.9. The number of hydrogen-bond donors (Lipinski definition) is 4. The highest BCUT2D eigenvalue weighted by atomic mass is 35.5. The SMILES string of the molecule is Cc1ccc(C(O)(C2=CNNN2C)c2ccc3nc(N4CCC4)c(Cc4ccc(-n5cc(C6CCN6c6nc7ccc(C(O)(c8ccc(C)nc8C)c8cnnn8C)cc7c(Cl)c6Cc6ccc(C(F)(F)F)cc6)cn5)cc4)c(Cl)c3c2)c(C)n1. The number of benzene rings is 4. The lowest BCUT2D eigenvalue weighted by molar-refractivity contribution is -0.137. The smallest absolute Gasteiger partial charge is 0.374 e. The van der Waals surface area contributed by atoms with E-state index in [0.29, 0.717) is 95.9 Å². The van der Waals surface area contributed by atoms with Crippen LogP contribution in [0, 0.1) is 27.7 Å². The van der Waals surface area contributed by atoms with Gasteiger partial charge in [0.1, 0.15) is 11.6 Å². The number of alkyl halides is 3. The van der Waals surface area contributed by atoms with Crippen LogP contribution in [0.1, 0.15) is 103 Å². The topological polar surface area (TPSA) is 174 Å². The molecule has 0 spiro atoms. The molecule has 3 unspecified atom stereocenters. The van der Waals surface area contributed by atoms with Crippen molar-refractivity contribution in [3.63, 3.8) is 0 Å². The molecule has 2 saturated heterocycles. The molecule has 3 atom stereocenters. The number of aryl methyl sites for hydroxylation is 5. The van der Waals surface area contributed by atoms with Crippen molar-refractivity contribution < 1.29 is 23.4 Å². The van der Waals surface area contributed by atoms with Crippen molar-refractivity contribution in [2.45, 2.75) is 76.8 Å². The van der Waals surface area contributed by atoms with Gasteiger partial charge in [-0.3, -0.25) is 15.0 Å². The molecule has 0 saturated carbocycles. The molecule has 3 aliphatic heterocycles. The van der Waals surface area contributed by atoms with Crippen LogP contribution < -0.4 is 20.8 Å². The van der Waals surface area contributed by atoms with Crippen molar-refractivity contribution in [1.29, 1.82) is 0 Å². The van der Waals surface area contributed by atoms with Crippen molar-refractivity contribution in [2.75, 3.05) is 36.5 Å². The Morgan fingerprint density at radius 2 is 1.21 bits per heavy atom. The minimum Gasteiger partial charge on any atom is -0.374 e. The molecular weight excluding hydrogens is 1120 g/mol. The monoisotopic (exact) mass is 1180 g/mol. The quantitative estimate of drug-likeness (QED) is 0.0810. The fourth-order valence-electron chi connectivity index (χ4n) is 12.3. The Labute approximate surface area is 498 Å². The summed E-state index contributed by atoms with van der Waals surface area (Å²) in [5, 5.41) is 43.0. The fourth-order valence-corrected chi connectivity index (χ4v) is 12.9. The first-order valence-electron chi connectivity index (χ1n) is 28.0. The van der Waals surface area contributed by atoms with E-state index in [1.165, 1.54) is 23.0 Å². The number of nitrogens with one attached hydrogen (secondary N) is 2. The molecule has 16 nitrogen and oxygen atoms in total. The summed E-state index contributed by atoms with van der Waals surface area (Å²) < 4.78 is 44.7. The Hall–Kier alpha value is -8.46. The number of halogens is 5. The van der Waals surface area contributed by atoms with Gasteiger partial charge in [-0.25, -0.2) is 19.3 Å². The van der Waals surface area contributed by atoms with Crippen molar-refractivity contribution in [1.82, 2.24) is 60.7 Å². The maximum Gasteiger partial charge on any atom is 0.416 e. The second-order valence-corrected chi connectivity index (χ2v) is 23.1. The molecule has 0 amide bonds. The number of nitrogens with zero attached hydrogens (tertiary/aromatic N) is 12. The number of anilines is 2. The van der Waals surface area contributed by atoms with Gasteiger partial charge in [0, 0.05) is 120 Å². The van der Waals surface area contributed by atoms with E-state index in [2.05, 4.69) is 48.2 Å². The lowest BCUT2D eigenvalue weighted by Crippen LogP contribution is -2.42. The van der Waals surface area contributed by atoms with Gasteiger partial charge in [-0.2, -0.15) is 18.3 Å². The van der Waals surface area contributed by atoms with Crippen LogP contribution in [0.2, 0.25) is 10.0 Å². The van der Waals surface area contributed by atoms with Crippen molar-refractivity contribution in [3.8, 4) is 5.69 Å². The van der Waals surface area contributed by atoms with Crippen LogP contribution in [0.25, 0.3) is 27.5 Å². The van der Waals surface area contributed by atoms with Crippen LogP contribution in [0.4, 0.5) is 24.8 Å². The highest BCUT2D eigenvalue weighted by Gasteiger charge is 2.43. The normalized spacial score (nSPS) is 16.7. The van der Waals surface area contributed by atoms with Crippen molar-refractivity contribution >= 4 is 56.6 Å². The van der Waals surface area contributed by atoms with E-state index in [-0.39, 0.29) is 12.5 Å². The average molecular weight is 1180 g/mol. The molecule has 6 aromatic heterocycles. The van der Waals surface area contributed by atoms with Gasteiger partial charge < -0.3 is 25.4 Å². The van der Waals surface area contributed by atoms with Gasteiger partial charge in [0.25, 0.3) is 0 Å². The Morgan fingerprint density at radius 3 is 1.73 bits per heavy atom. The molecule has 432 valence electrons. The molecule has 13 rings (SSSR count). The molecule has 9 heterocycles. The lowest BCUT2D eigenvalue weighted by Gasteiger charge is -2.43. The zero-order valence-corrected chi connectivity index (χ0v) is 48.9. The molecule has 4 aromatic carbocycles. The summed E-state index contributed by atoms with van der Waals surface area (Å²) in [7, 11) is 3.54. The number of fused-ring (bicyclic) bond motifs is 2. The number of aliphatic hydroxyl groups is 2. The van der Waals surface area contributed by atoms with Gasteiger partial charge in [-0.1, -0.05) is 76.9 Å². The Balaban J connectivity index is 0.816. The second-order valence-electron chi connectivity index (χ2n) is 22.4. The maximum atomic E-state index is 13.8. The summed E-state index contributed by atoms with van der Waals surface area (Å²) in [5.41, 5.74) is 14.4. The van der Waals surface area contributed by atoms with E-state index in [1.807, 2.05) is 125 Å². The van der Waals surface area contributed by atoms with E-state index in [9.17, 15) is 23.4 Å². The van der Waals surface area contributed by atoms with Gasteiger partial charge >= 0.3 is 6.18 Å². The minimum absolute atomic E-state index is 0.153. The number of hydrogen-bond acceptors (Lipinski definition) is 14. The zero-order chi connectivity index (χ0) is 59.3. The molecule has 10 aromatic rings. The number of likely N-dealkylation sites (N-methyl/N-ethyl adjacent to an activating group) is 1. The first-order valence-corrected chi connectivity index (χ1v) is 28.7. The third kappa shape index (κ3) is 9.67. The molecule has 0 aliphatic carbocycles. The standard InChI is InChI=1S/C64H59Cl2F3N14O2/c1-36-8-20-51(38(3)73-36)62(84,56-33-70-77-79(56)5)44-16-22-53-47(30-44)58(65)49(60(75-53)81-25-7-26-81)28-41-12-18-46(19-13-41)83-35-42(32-72-83)55-24-27-82(55)61-50(29-40-10-14-43(15-11-40)64(67,68)69)59(66)48-31-45(17-23-54(48)76-61)63(85,57-34-71-78-80(57)6)52-21-9-37(2)74-39(52)4/h8-23,30-35,55,70,77,84-85H,7,24-29H2,1-6H3. The number of rotatable bonds is 14. The van der Waals surface area contributed by atoms with E-state index < -0.39 is 22.9 Å². The first-order chi connectivity index (χ1) is 40.8. The van der Waals surface area contributed by atoms with Gasteiger partial charge in [0.15, 0.2) is 11.2 Å². The second kappa shape index (κ2) is 21.2. The lowest BCUT2D eigenvalue weighted by atomic mass is 9.82. The molecule has 85 heavy (non-hydrogen) atoms.